The number of oxime groups is 1. The van der Waals surface area contributed by atoms with Crippen molar-refractivity contribution in [2.75, 3.05) is 6.54 Å². The second kappa shape index (κ2) is 8.53. The third kappa shape index (κ3) is 4.68. The predicted octanol–water partition coefficient (Wildman–Crippen LogP) is 4.86. The number of halogens is 2. The summed E-state index contributed by atoms with van der Waals surface area (Å²) in [5.74, 6) is -0.832. The van der Waals surface area contributed by atoms with E-state index in [1.165, 1.54) is 35.6 Å². The molecule has 0 saturated carbocycles. The first-order chi connectivity index (χ1) is 14.1. The van der Waals surface area contributed by atoms with E-state index in [9.17, 15) is 13.6 Å². The highest BCUT2D eigenvalue weighted by molar-refractivity contribution is 7.12. The van der Waals surface area contributed by atoms with Gasteiger partial charge < -0.3 is 9.74 Å². The minimum atomic E-state index is -0.356. The van der Waals surface area contributed by atoms with Gasteiger partial charge >= 0.3 is 0 Å². The maximum atomic E-state index is 13.6. The number of rotatable bonds is 6. The number of carbonyl (C=O) groups excluding carboxylic acids is 1. The summed E-state index contributed by atoms with van der Waals surface area (Å²) < 4.78 is 27.1. The van der Waals surface area contributed by atoms with Crippen LogP contribution in [0.3, 0.4) is 0 Å². The van der Waals surface area contributed by atoms with E-state index in [1.807, 2.05) is 11.4 Å². The van der Waals surface area contributed by atoms with Crippen LogP contribution in [0, 0.1) is 11.6 Å². The third-order valence-electron chi connectivity index (χ3n) is 4.60. The van der Waals surface area contributed by atoms with E-state index in [0.29, 0.717) is 28.1 Å². The lowest BCUT2D eigenvalue weighted by Crippen LogP contribution is -2.37. The van der Waals surface area contributed by atoms with E-state index in [0.717, 1.165) is 0 Å². The molecule has 4 rings (SSSR count). The Hall–Kier alpha value is -3.06. The van der Waals surface area contributed by atoms with Crippen LogP contribution in [0.1, 0.15) is 27.2 Å². The van der Waals surface area contributed by atoms with Crippen molar-refractivity contribution >= 4 is 23.0 Å². The zero-order chi connectivity index (χ0) is 20.2. The summed E-state index contributed by atoms with van der Waals surface area (Å²) in [5, 5.41) is 5.92. The molecule has 2 heterocycles. The Balaban J connectivity index is 1.49. The highest BCUT2D eigenvalue weighted by atomic mass is 32.1. The standard InChI is InChI=1S/C22H18F2N2O2S/c23-17-6-1-4-15(10-17)13-26(22(27)21-8-3-9-29-21)14-19-12-20(25-28-19)16-5-2-7-18(24)11-16/h1-11,19H,12-14H2/t19-/m1/s1. The Morgan fingerprint density at radius 2 is 1.90 bits per heavy atom. The topological polar surface area (TPSA) is 41.9 Å². The lowest BCUT2D eigenvalue weighted by Gasteiger charge is -2.24. The van der Waals surface area contributed by atoms with Crippen molar-refractivity contribution < 1.29 is 18.4 Å². The Morgan fingerprint density at radius 1 is 1.10 bits per heavy atom. The molecule has 2 aromatic carbocycles. The Bertz CT molecular complexity index is 1040. The molecule has 7 heteroatoms. The SMILES string of the molecule is O=C(c1cccs1)N(Cc1cccc(F)c1)C[C@H]1CC(c2cccc(F)c2)=NO1. The van der Waals surface area contributed by atoms with Crippen LogP contribution < -0.4 is 0 Å². The number of amides is 1. The molecular weight excluding hydrogens is 394 g/mol. The number of hydrogen-bond donors (Lipinski definition) is 0. The molecule has 3 aromatic rings. The van der Waals surface area contributed by atoms with Gasteiger partial charge in [0.1, 0.15) is 11.6 Å². The van der Waals surface area contributed by atoms with Gasteiger partial charge in [0, 0.05) is 18.5 Å². The van der Waals surface area contributed by atoms with Gasteiger partial charge in [-0.3, -0.25) is 4.79 Å². The van der Waals surface area contributed by atoms with Crippen LogP contribution >= 0.6 is 11.3 Å². The van der Waals surface area contributed by atoms with E-state index in [4.69, 9.17) is 4.84 Å². The van der Waals surface area contributed by atoms with Crippen LogP contribution in [0.2, 0.25) is 0 Å². The van der Waals surface area contributed by atoms with E-state index in [2.05, 4.69) is 5.16 Å². The Kier molecular flexibility index (Phi) is 5.67. The molecule has 1 atom stereocenters. The zero-order valence-corrected chi connectivity index (χ0v) is 16.2. The van der Waals surface area contributed by atoms with Gasteiger partial charge in [0.2, 0.25) is 0 Å². The van der Waals surface area contributed by atoms with Gasteiger partial charge in [-0.1, -0.05) is 35.5 Å². The summed E-state index contributed by atoms with van der Waals surface area (Å²) in [7, 11) is 0. The van der Waals surface area contributed by atoms with Crippen LogP contribution in [0.5, 0.6) is 0 Å². The average Bonchev–Trinajstić information content (AvgIpc) is 3.39. The van der Waals surface area contributed by atoms with Crippen LogP contribution in [0.25, 0.3) is 0 Å². The average molecular weight is 412 g/mol. The lowest BCUT2D eigenvalue weighted by molar-refractivity contribution is 0.0408. The van der Waals surface area contributed by atoms with Crippen molar-refractivity contribution in [3.63, 3.8) is 0 Å². The van der Waals surface area contributed by atoms with Gasteiger partial charge in [-0.25, -0.2) is 8.78 Å². The van der Waals surface area contributed by atoms with Crippen molar-refractivity contribution in [3.05, 3.63) is 93.7 Å². The first-order valence-electron chi connectivity index (χ1n) is 9.14. The highest BCUT2D eigenvalue weighted by Crippen LogP contribution is 2.21. The molecule has 148 valence electrons. The fourth-order valence-electron chi connectivity index (χ4n) is 3.24. The van der Waals surface area contributed by atoms with Gasteiger partial charge in [0.15, 0.2) is 6.10 Å². The fourth-order valence-corrected chi connectivity index (χ4v) is 3.93. The van der Waals surface area contributed by atoms with Crippen molar-refractivity contribution in [1.82, 2.24) is 4.90 Å². The number of hydrogen-bond acceptors (Lipinski definition) is 4. The first kappa shape index (κ1) is 19.3. The molecule has 1 aliphatic rings. The second-order valence-corrected chi connectivity index (χ2v) is 7.72. The summed E-state index contributed by atoms with van der Waals surface area (Å²) in [6.45, 7) is 0.541. The smallest absolute Gasteiger partial charge is 0.264 e. The van der Waals surface area contributed by atoms with Gasteiger partial charge in [-0.2, -0.15) is 0 Å². The molecule has 0 unspecified atom stereocenters. The largest absolute Gasteiger partial charge is 0.390 e. The molecule has 4 nitrogen and oxygen atoms in total. The Labute approximate surface area is 171 Å². The second-order valence-electron chi connectivity index (χ2n) is 6.77. The van der Waals surface area contributed by atoms with Crippen molar-refractivity contribution in [2.45, 2.75) is 19.1 Å². The van der Waals surface area contributed by atoms with Gasteiger partial charge in [0.05, 0.1) is 17.1 Å². The van der Waals surface area contributed by atoms with Gasteiger partial charge in [-0.05, 0) is 41.3 Å². The molecule has 0 spiro atoms. The molecule has 0 radical (unpaired) electrons. The number of nitrogens with zero attached hydrogens (tertiary/aromatic N) is 2. The number of thiophene rings is 1. The molecule has 1 amide bonds. The summed E-state index contributed by atoms with van der Waals surface area (Å²) in [5.41, 5.74) is 2.00. The lowest BCUT2D eigenvalue weighted by atomic mass is 10.0. The molecule has 1 aliphatic heterocycles. The van der Waals surface area contributed by atoms with E-state index < -0.39 is 0 Å². The number of carbonyl (C=O) groups is 1. The maximum Gasteiger partial charge on any atom is 0.264 e. The van der Waals surface area contributed by atoms with E-state index in [1.54, 1.807) is 35.2 Å². The minimum Gasteiger partial charge on any atom is -0.390 e. The van der Waals surface area contributed by atoms with E-state index >= 15 is 0 Å². The van der Waals surface area contributed by atoms with Gasteiger partial charge in [0.25, 0.3) is 5.91 Å². The summed E-state index contributed by atoms with van der Waals surface area (Å²) in [6.07, 6.45) is 0.103. The van der Waals surface area contributed by atoms with Crippen LogP contribution in [0.4, 0.5) is 8.78 Å². The minimum absolute atomic E-state index is 0.146. The molecule has 29 heavy (non-hydrogen) atoms. The highest BCUT2D eigenvalue weighted by Gasteiger charge is 2.28. The molecule has 0 N–H and O–H groups in total. The van der Waals surface area contributed by atoms with E-state index in [-0.39, 0.29) is 36.7 Å². The summed E-state index contributed by atoms with van der Waals surface area (Å²) >= 11 is 1.35. The zero-order valence-electron chi connectivity index (χ0n) is 15.4. The van der Waals surface area contributed by atoms with Crippen molar-refractivity contribution in [1.29, 1.82) is 0 Å². The molecule has 0 aliphatic carbocycles. The van der Waals surface area contributed by atoms with Crippen LogP contribution in [-0.2, 0) is 11.4 Å². The molecule has 1 aromatic heterocycles. The summed E-state index contributed by atoms with van der Waals surface area (Å²) in [4.78, 5) is 20.7. The monoisotopic (exact) mass is 412 g/mol. The van der Waals surface area contributed by atoms with Crippen molar-refractivity contribution in [2.24, 2.45) is 5.16 Å². The Morgan fingerprint density at radius 3 is 2.62 bits per heavy atom. The van der Waals surface area contributed by atoms with Crippen LogP contribution in [-0.4, -0.2) is 29.2 Å². The summed E-state index contributed by atoms with van der Waals surface area (Å²) in [6, 6.07) is 15.9. The van der Waals surface area contributed by atoms with Gasteiger partial charge in [-0.15, -0.1) is 11.3 Å². The molecular formula is C22H18F2N2O2S. The molecule has 0 fully saturated rings. The predicted molar refractivity (Wildman–Crippen MR) is 108 cm³/mol. The normalized spacial score (nSPS) is 15.7. The first-order valence-corrected chi connectivity index (χ1v) is 10.0. The fraction of sp³-hybridized carbons (Fsp3) is 0.182. The molecule has 0 saturated heterocycles. The van der Waals surface area contributed by atoms with Crippen LogP contribution in [0.15, 0.2) is 71.2 Å². The molecule has 0 bridgehead atoms. The van der Waals surface area contributed by atoms with Crippen molar-refractivity contribution in [3.8, 4) is 0 Å². The third-order valence-corrected chi connectivity index (χ3v) is 5.45. The quantitative estimate of drug-likeness (QED) is 0.580. The number of benzene rings is 2. The maximum absolute atomic E-state index is 13.6.